The van der Waals surface area contributed by atoms with Crippen molar-refractivity contribution < 1.29 is 0 Å². The van der Waals surface area contributed by atoms with Crippen LogP contribution < -0.4 is 5.73 Å². The van der Waals surface area contributed by atoms with Crippen molar-refractivity contribution in [3.63, 3.8) is 0 Å². The van der Waals surface area contributed by atoms with E-state index in [4.69, 9.17) is 5.73 Å². The van der Waals surface area contributed by atoms with Gasteiger partial charge in [0.15, 0.2) is 0 Å². The molecule has 1 aromatic heterocycles. The van der Waals surface area contributed by atoms with Crippen LogP contribution in [0.3, 0.4) is 0 Å². The predicted molar refractivity (Wildman–Crippen MR) is 89.0 cm³/mol. The minimum Gasteiger partial charge on any atom is -0.329 e. The first-order valence-electron chi connectivity index (χ1n) is 7.62. The summed E-state index contributed by atoms with van der Waals surface area (Å²) in [7, 11) is 2.25. The lowest BCUT2D eigenvalue weighted by atomic mass is 9.58. The highest BCUT2D eigenvalue weighted by Gasteiger charge is 2.48. The molecular formula is C17H30N2S. The molecule has 0 spiro atoms. The summed E-state index contributed by atoms with van der Waals surface area (Å²) in [6.07, 6.45) is 3.68. The van der Waals surface area contributed by atoms with Gasteiger partial charge in [0.2, 0.25) is 0 Å². The molecule has 1 aliphatic rings. The quantitative estimate of drug-likeness (QED) is 0.905. The standard InChI is InChI=1S/C17H30N2S/c1-15(2)10-16(3,4)12-17(11-15,13-18)19(5)9-14-7-6-8-20-14/h6-8H,9-13,18H2,1-5H3. The van der Waals surface area contributed by atoms with Crippen molar-refractivity contribution >= 4 is 11.3 Å². The van der Waals surface area contributed by atoms with Crippen LogP contribution in [0.25, 0.3) is 0 Å². The Labute approximate surface area is 128 Å². The van der Waals surface area contributed by atoms with Crippen LogP contribution in [0.15, 0.2) is 17.5 Å². The highest BCUT2D eigenvalue weighted by Crippen LogP contribution is 2.51. The molecule has 114 valence electrons. The van der Waals surface area contributed by atoms with E-state index in [1.165, 1.54) is 24.1 Å². The largest absolute Gasteiger partial charge is 0.329 e. The van der Waals surface area contributed by atoms with Crippen LogP contribution in [0.2, 0.25) is 0 Å². The van der Waals surface area contributed by atoms with Gasteiger partial charge in [0.25, 0.3) is 0 Å². The van der Waals surface area contributed by atoms with Crippen LogP contribution in [0, 0.1) is 10.8 Å². The van der Waals surface area contributed by atoms with Crippen LogP contribution in [-0.2, 0) is 6.54 Å². The molecule has 0 bridgehead atoms. The summed E-state index contributed by atoms with van der Waals surface area (Å²) in [6, 6.07) is 4.36. The van der Waals surface area contributed by atoms with E-state index in [-0.39, 0.29) is 5.54 Å². The first-order valence-corrected chi connectivity index (χ1v) is 8.50. The van der Waals surface area contributed by atoms with Gasteiger partial charge in [-0.1, -0.05) is 33.8 Å². The zero-order valence-corrected chi connectivity index (χ0v) is 14.5. The van der Waals surface area contributed by atoms with Crippen molar-refractivity contribution in [3.8, 4) is 0 Å². The number of likely N-dealkylation sites (N-methyl/N-ethyl adjacent to an activating group) is 1. The Bertz CT molecular complexity index is 418. The number of thiophene rings is 1. The highest BCUT2D eigenvalue weighted by atomic mass is 32.1. The van der Waals surface area contributed by atoms with Gasteiger partial charge >= 0.3 is 0 Å². The molecule has 2 rings (SSSR count). The molecule has 1 aromatic rings. The third-order valence-electron chi connectivity index (χ3n) is 4.74. The van der Waals surface area contributed by atoms with Crippen LogP contribution in [0.5, 0.6) is 0 Å². The van der Waals surface area contributed by atoms with Gasteiger partial charge in [-0.3, -0.25) is 4.90 Å². The summed E-state index contributed by atoms with van der Waals surface area (Å²) in [5, 5.41) is 2.16. The lowest BCUT2D eigenvalue weighted by molar-refractivity contribution is -0.0353. The summed E-state index contributed by atoms with van der Waals surface area (Å²) in [5.74, 6) is 0. The zero-order valence-electron chi connectivity index (χ0n) is 13.7. The summed E-state index contributed by atoms with van der Waals surface area (Å²) in [4.78, 5) is 3.95. The molecule has 0 atom stereocenters. The van der Waals surface area contributed by atoms with Gasteiger partial charge < -0.3 is 5.73 Å². The molecule has 1 fully saturated rings. The lowest BCUT2D eigenvalue weighted by Gasteiger charge is -2.55. The Morgan fingerprint density at radius 1 is 1.15 bits per heavy atom. The van der Waals surface area contributed by atoms with Crippen LogP contribution in [-0.4, -0.2) is 24.0 Å². The minimum atomic E-state index is 0.134. The molecule has 0 aromatic carbocycles. The Balaban J connectivity index is 2.23. The first-order chi connectivity index (χ1) is 9.18. The second kappa shape index (κ2) is 5.43. The maximum atomic E-state index is 6.27. The van der Waals surface area contributed by atoms with E-state index in [1.807, 2.05) is 11.3 Å². The number of hydrogen-bond donors (Lipinski definition) is 1. The Morgan fingerprint density at radius 3 is 2.20 bits per heavy atom. The molecule has 0 aliphatic heterocycles. The van der Waals surface area contributed by atoms with Gasteiger partial charge in [0.05, 0.1) is 0 Å². The SMILES string of the molecule is CN(Cc1cccs1)C1(CN)CC(C)(C)CC(C)(C)C1. The Hall–Kier alpha value is -0.380. The normalized spacial score (nSPS) is 23.9. The Morgan fingerprint density at radius 2 is 1.75 bits per heavy atom. The van der Waals surface area contributed by atoms with Crippen molar-refractivity contribution in [1.82, 2.24) is 4.90 Å². The number of nitrogens with two attached hydrogens (primary N) is 1. The van der Waals surface area contributed by atoms with Crippen molar-refractivity contribution in [2.75, 3.05) is 13.6 Å². The van der Waals surface area contributed by atoms with Gasteiger partial charge in [-0.15, -0.1) is 11.3 Å². The maximum Gasteiger partial charge on any atom is 0.0342 e. The molecule has 0 saturated heterocycles. The molecule has 0 radical (unpaired) electrons. The molecular weight excluding hydrogens is 264 g/mol. The van der Waals surface area contributed by atoms with Gasteiger partial charge in [-0.2, -0.15) is 0 Å². The Kier molecular flexibility index (Phi) is 4.35. The number of hydrogen-bond acceptors (Lipinski definition) is 3. The van der Waals surface area contributed by atoms with Gasteiger partial charge in [0.1, 0.15) is 0 Å². The molecule has 1 aliphatic carbocycles. The van der Waals surface area contributed by atoms with Gasteiger partial charge in [-0.05, 0) is 48.6 Å². The zero-order chi connectivity index (χ0) is 15.0. The van der Waals surface area contributed by atoms with Gasteiger partial charge in [-0.25, -0.2) is 0 Å². The molecule has 2 nitrogen and oxygen atoms in total. The minimum absolute atomic E-state index is 0.134. The molecule has 2 N–H and O–H groups in total. The van der Waals surface area contributed by atoms with E-state index in [0.29, 0.717) is 10.8 Å². The maximum absolute atomic E-state index is 6.27. The first kappa shape index (κ1) is 16.0. The molecule has 1 saturated carbocycles. The average molecular weight is 295 g/mol. The summed E-state index contributed by atoms with van der Waals surface area (Å²) < 4.78 is 0. The lowest BCUT2D eigenvalue weighted by Crippen LogP contribution is -2.59. The fourth-order valence-electron chi connectivity index (χ4n) is 4.64. The van der Waals surface area contributed by atoms with Crippen molar-refractivity contribution in [2.45, 2.75) is 59.0 Å². The second-order valence-electron chi connectivity index (χ2n) is 8.22. The van der Waals surface area contributed by atoms with Gasteiger partial charge in [0, 0.05) is 23.5 Å². The summed E-state index contributed by atoms with van der Waals surface area (Å²) in [5.41, 5.74) is 7.14. The smallest absolute Gasteiger partial charge is 0.0342 e. The predicted octanol–water partition coefficient (Wildman–Crippen LogP) is 4.11. The van der Waals surface area contributed by atoms with E-state index < -0.39 is 0 Å². The summed E-state index contributed by atoms with van der Waals surface area (Å²) in [6.45, 7) is 11.4. The third-order valence-corrected chi connectivity index (χ3v) is 5.60. The molecule has 0 unspecified atom stereocenters. The van der Waals surface area contributed by atoms with Crippen LogP contribution >= 0.6 is 11.3 Å². The number of nitrogens with zero attached hydrogens (tertiary/aromatic N) is 1. The van der Waals surface area contributed by atoms with E-state index in [0.717, 1.165) is 13.1 Å². The molecule has 20 heavy (non-hydrogen) atoms. The van der Waals surface area contributed by atoms with E-state index in [9.17, 15) is 0 Å². The fraction of sp³-hybridized carbons (Fsp3) is 0.765. The van der Waals surface area contributed by atoms with Crippen LogP contribution in [0.1, 0.15) is 51.8 Å². The second-order valence-corrected chi connectivity index (χ2v) is 9.25. The summed E-state index contributed by atoms with van der Waals surface area (Å²) >= 11 is 1.84. The molecule has 0 amide bonds. The van der Waals surface area contributed by atoms with E-state index in [2.05, 4.69) is 57.2 Å². The fourth-order valence-corrected chi connectivity index (χ4v) is 5.40. The monoisotopic (exact) mass is 294 g/mol. The highest BCUT2D eigenvalue weighted by molar-refractivity contribution is 7.09. The topological polar surface area (TPSA) is 29.3 Å². The van der Waals surface area contributed by atoms with E-state index in [1.54, 1.807) is 0 Å². The van der Waals surface area contributed by atoms with Crippen LogP contribution in [0.4, 0.5) is 0 Å². The molecule has 1 heterocycles. The van der Waals surface area contributed by atoms with Crippen molar-refractivity contribution in [3.05, 3.63) is 22.4 Å². The van der Waals surface area contributed by atoms with Crippen molar-refractivity contribution in [1.29, 1.82) is 0 Å². The number of rotatable bonds is 4. The van der Waals surface area contributed by atoms with Crippen molar-refractivity contribution in [2.24, 2.45) is 16.6 Å². The molecule has 3 heteroatoms. The average Bonchev–Trinajstić information content (AvgIpc) is 2.77. The third kappa shape index (κ3) is 3.44. The van der Waals surface area contributed by atoms with E-state index >= 15 is 0 Å².